The third-order valence-corrected chi connectivity index (χ3v) is 5.77. The fourth-order valence-electron chi connectivity index (χ4n) is 4.37. The standard InChI is InChI=1S/C25H22N2O/c1-17-12-14-20(15-13-17)24-23-18(2)21-10-6-7-11-22(21)27(23)25(28)26(24)16-19-8-4-3-5-9-19/h3-15,24H,16H2,1-2H3. The molecule has 28 heavy (non-hydrogen) atoms. The minimum Gasteiger partial charge on any atom is -0.307 e. The van der Waals surface area contributed by atoms with Gasteiger partial charge in [0.1, 0.15) is 6.04 Å². The highest BCUT2D eigenvalue weighted by molar-refractivity contribution is 5.98. The van der Waals surface area contributed by atoms with Gasteiger partial charge in [0, 0.05) is 11.9 Å². The molecule has 5 rings (SSSR count). The minimum absolute atomic E-state index is 0.0497. The van der Waals surface area contributed by atoms with Gasteiger partial charge in [-0.3, -0.25) is 4.57 Å². The summed E-state index contributed by atoms with van der Waals surface area (Å²) in [5.74, 6) is 0. The van der Waals surface area contributed by atoms with Crippen LogP contribution in [0.1, 0.15) is 34.0 Å². The summed E-state index contributed by atoms with van der Waals surface area (Å²) >= 11 is 0. The van der Waals surface area contributed by atoms with Crippen molar-refractivity contribution in [3.05, 3.63) is 107 Å². The maximum atomic E-state index is 13.6. The highest BCUT2D eigenvalue weighted by Crippen LogP contribution is 2.42. The Morgan fingerprint density at radius 3 is 2.25 bits per heavy atom. The van der Waals surface area contributed by atoms with Crippen molar-refractivity contribution in [2.75, 3.05) is 0 Å². The second kappa shape index (κ2) is 6.38. The van der Waals surface area contributed by atoms with Crippen LogP contribution < -0.4 is 0 Å². The lowest BCUT2D eigenvalue weighted by atomic mass is 9.98. The molecule has 1 aliphatic heterocycles. The van der Waals surface area contributed by atoms with Gasteiger partial charge in [0.05, 0.1) is 11.2 Å². The molecule has 138 valence electrons. The molecule has 3 heteroatoms. The zero-order valence-electron chi connectivity index (χ0n) is 16.1. The van der Waals surface area contributed by atoms with Gasteiger partial charge in [0.25, 0.3) is 0 Å². The lowest BCUT2D eigenvalue weighted by molar-refractivity contribution is 0.199. The number of fused-ring (bicyclic) bond motifs is 3. The van der Waals surface area contributed by atoms with E-state index in [0.717, 1.165) is 27.7 Å². The molecule has 0 saturated carbocycles. The number of nitrogens with zero attached hydrogens (tertiary/aromatic N) is 2. The Kier molecular flexibility index (Phi) is 3.83. The highest BCUT2D eigenvalue weighted by atomic mass is 16.2. The number of aromatic nitrogens is 1. The van der Waals surface area contributed by atoms with Crippen molar-refractivity contribution in [3.8, 4) is 0 Å². The number of hydrogen-bond donors (Lipinski definition) is 0. The van der Waals surface area contributed by atoms with Gasteiger partial charge in [-0.2, -0.15) is 0 Å². The van der Waals surface area contributed by atoms with Gasteiger partial charge in [0.2, 0.25) is 0 Å². The summed E-state index contributed by atoms with van der Waals surface area (Å²) in [5.41, 5.74) is 6.78. The van der Waals surface area contributed by atoms with Gasteiger partial charge in [0.15, 0.2) is 0 Å². The Morgan fingerprint density at radius 2 is 1.50 bits per heavy atom. The molecule has 1 amide bonds. The number of aryl methyl sites for hydroxylation is 2. The van der Waals surface area contributed by atoms with Crippen LogP contribution in [0, 0.1) is 13.8 Å². The lowest BCUT2D eigenvalue weighted by Crippen LogP contribution is -2.29. The summed E-state index contributed by atoms with van der Waals surface area (Å²) in [5, 5.41) is 1.15. The largest absolute Gasteiger partial charge is 0.330 e. The van der Waals surface area contributed by atoms with Crippen LogP contribution in [0.4, 0.5) is 4.79 Å². The Balaban J connectivity index is 1.71. The molecule has 1 aromatic heterocycles. The van der Waals surface area contributed by atoms with Gasteiger partial charge >= 0.3 is 6.03 Å². The minimum atomic E-state index is -0.0827. The van der Waals surface area contributed by atoms with Gasteiger partial charge < -0.3 is 4.90 Å². The topological polar surface area (TPSA) is 25.2 Å². The molecule has 3 nitrogen and oxygen atoms in total. The first-order chi connectivity index (χ1) is 13.6. The van der Waals surface area contributed by atoms with E-state index in [0.29, 0.717) is 6.54 Å². The van der Waals surface area contributed by atoms with Crippen molar-refractivity contribution < 1.29 is 4.79 Å². The van der Waals surface area contributed by atoms with Crippen LogP contribution in [0.25, 0.3) is 10.9 Å². The van der Waals surface area contributed by atoms with E-state index in [1.54, 1.807) is 0 Å². The lowest BCUT2D eigenvalue weighted by Gasteiger charge is -2.25. The van der Waals surface area contributed by atoms with Crippen molar-refractivity contribution >= 4 is 16.9 Å². The summed E-state index contributed by atoms with van der Waals surface area (Å²) in [6.07, 6.45) is 0. The first-order valence-corrected chi connectivity index (χ1v) is 9.66. The maximum Gasteiger partial charge on any atom is 0.330 e. The van der Waals surface area contributed by atoms with Gasteiger partial charge in [-0.05, 0) is 36.6 Å². The molecule has 1 atom stereocenters. The molecular formula is C25H22N2O. The number of rotatable bonds is 3. The highest BCUT2D eigenvalue weighted by Gasteiger charge is 2.40. The quantitative estimate of drug-likeness (QED) is 0.448. The van der Waals surface area contributed by atoms with Crippen LogP contribution in [0.15, 0.2) is 78.9 Å². The van der Waals surface area contributed by atoms with Gasteiger partial charge in [-0.25, -0.2) is 4.79 Å². The second-order valence-electron chi connectivity index (χ2n) is 7.57. The fourth-order valence-corrected chi connectivity index (χ4v) is 4.37. The van der Waals surface area contributed by atoms with Crippen molar-refractivity contribution in [1.82, 2.24) is 9.47 Å². The molecule has 4 aromatic rings. The number of para-hydroxylation sites is 1. The average Bonchev–Trinajstić information content (AvgIpc) is 3.17. The SMILES string of the molecule is Cc1ccc(C2c3c(C)c4ccccc4n3C(=O)N2Cc2ccccc2)cc1. The van der Waals surface area contributed by atoms with Crippen LogP contribution in [-0.2, 0) is 6.54 Å². The molecule has 0 fully saturated rings. The average molecular weight is 366 g/mol. The third-order valence-electron chi connectivity index (χ3n) is 5.77. The Bertz CT molecular complexity index is 1170. The third kappa shape index (κ3) is 2.47. The fraction of sp³-hybridized carbons (Fsp3) is 0.160. The number of hydrogen-bond acceptors (Lipinski definition) is 1. The number of carbonyl (C=O) groups is 1. The molecule has 0 saturated heterocycles. The molecule has 3 aromatic carbocycles. The molecule has 2 heterocycles. The Hall–Kier alpha value is -3.33. The summed E-state index contributed by atoms with van der Waals surface area (Å²) in [4.78, 5) is 15.6. The van der Waals surface area contributed by atoms with Crippen LogP contribution in [0.2, 0.25) is 0 Å². The van der Waals surface area contributed by atoms with Crippen molar-refractivity contribution in [2.45, 2.75) is 26.4 Å². The van der Waals surface area contributed by atoms with E-state index in [1.165, 1.54) is 11.1 Å². The first kappa shape index (κ1) is 16.8. The van der Waals surface area contributed by atoms with Gasteiger partial charge in [-0.1, -0.05) is 78.4 Å². The summed E-state index contributed by atoms with van der Waals surface area (Å²) < 4.78 is 1.91. The van der Waals surface area contributed by atoms with E-state index in [1.807, 2.05) is 45.9 Å². The molecule has 1 aliphatic rings. The first-order valence-electron chi connectivity index (χ1n) is 9.66. The van der Waals surface area contributed by atoms with Crippen molar-refractivity contribution in [3.63, 3.8) is 0 Å². The van der Waals surface area contributed by atoms with Crippen LogP contribution >= 0.6 is 0 Å². The molecule has 0 spiro atoms. The molecule has 0 radical (unpaired) electrons. The van der Waals surface area contributed by atoms with E-state index in [2.05, 4.69) is 56.3 Å². The Labute approximate surface area is 164 Å². The molecule has 0 aliphatic carbocycles. The monoisotopic (exact) mass is 366 g/mol. The maximum absolute atomic E-state index is 13.6. The second-order valence-corrected chi connectivity index (χ2v) is 7.57. The van der Waals surface area contributed by atoms with Crippen molar-refractivity contribution in [1.29, 1.82) is 0 Å². The Morgan fingerprint density at radius 1 is 0.821 bits per heavy atom. The summed E-state index contributed by atoms with van der Waals surface area (Å²) in [7, 11) is 0. The molecular weight excluding hydrogens is 344 g/mol. The zero-order chi connectivity index (χ0) is 19.3. The van der Waals surface area contributed by atoms with Crippen molar-refractivity contribution in [2.24, 2.45) is 0 Å². The van der Waals surface area contributed by atoms with E-state index in [9.17, 15) is 4.79 Å². The van der Waals surface area contributed by atoms with E-state index in [4.69, 9.17) is 0 Å². The normalized spacial score (nSPS) is 16.0. The molecule has 0 bridgehead atoms. The number of benzene rings is 3. The molecule has 0 N–H and O–H groups in total. The van der Waals surface area contributed by atoms with Gasteiger partial charge in [-0.15, -0.1) is 0 Å². The predicted molar refractivity (Wildman–Crippen MR) is 112 cm³/mol. The summed E-state index contributed by atoms with van der Waals surface area (Å²) in [6.45, 7) is 4.82. The van der Waals surface area contributed by atoms with Crippen LogP contribution in [0.3, 0.4) is 0 Å². The zero-order valence-corrected chi connectivity index (χ0v) is 16.1. The number of amides is 1. The van der Waals surface area contributed by atoms with Crippen LogP contribution in [-0.4, -0.2) is 15.5 Å². The van der Waals surface area contributed by atoms with E-state index < -0.39 is 0 Å². The van der Waals surface area contributed by atoms with E-state index >= 15 is 0 Å². The smallest absolute Gasteiger partial charge is 0.307 e. The molecule has 1 unspecified atom stereocenters. The predicted octanol–water partition coefficient (Wildman–Crippen LogP) is 5.83. The summed E-state index contributed by atoms with van der Waals surface area (Å²) in [6, 6.07) is 26.9. The number of carbonyl (C=O) groups excluding carboxylic acids is 1. The van der Waals surface area contributed by atoms with E-state index in [-0.39, 0.29) is 12.1 Å². The van der Waals surface area contributed by atoms with Crippen LogP contribution in [0.5, 0.6) is 0 Å².